The van der Waals surface area contributed by atoms with Gasteiger partial charge in [0.05, 0.1) is 10.6 Å². The summed E-state index contributed by atoms with van der Waals surface area (Å²) < 4.78 is 29.1. The van der Waals surface area contributed by atoms with Crippen molar-refractivity contribution in [3.63, 3.8) is 0 Å². The van der Waals surface area contributed by atoms with Crippen LogP contribution < -0.4 is 4.74 Å². The Morgan fingerprint density at radius 3 is 2.26 bits per heavy atom. The van der Waals surface area contributed by atoms with Crippen LogP contribution in [0, 0.1) is 0 Å². The molecular weight excluding hydrogens is 312 g/mol. The normalized spacial score (nSPS) is 12.0. The van der Waals surface area contributed by atoms with E-state index in [9.17, 15) is 8.42 Å². The summed E-state index contributed by atoms with van der Waals surface area (Å²) in [6, 6.07) is 8.20. The van der Waals surface area contributed by atoms with Gasteiger partial charge in [0.25, 0.3) is 0 Å². The van der Waals surface area contributed by atoms with Crippen molar-refractivity contribution in [1.82, 2.24) is 9.97 Å². The van der Waals surface area contributed by atoms with Gasteiger partial charge in [-0.1, -0.05) is 33.8 Å². The summed E-state index contributed by atoms with van der Waals surface area (Å²) in [7, 11) is -3.27. The maximum Gasteiger partial charge on any atom is 0.222 e. The first kappa shape index (κ1) is 17.4. The number of hydrogen-bond donors (Lipinski definition) is 0. The molecule has 0 saturated carbocycles. The second kappa shape index (κ2) is 6.66. The molecule has 0 aliphatic rings. The SMILES string of the molecule is CC(C)c1cc(Oc2cccc(S(C)(=O)=O)c2)nc(C(C)C)n1. The lowest BCUT2D eigenvalue weighted by molar-refractivity contribution is 0.453. The summed E-state index contributed by atoms with van der Waals surface area (Å²) in [4.78, 5) is 9.18. The predicted molar refractivity (Wildman–Crippen MR) is 89.8 cm³/mol. The largest absolute Gasteiger partial charge is 0.439 e. The molecule has 2 aromatic rings. The van der Waals surface area contributed by atoms with Crippen LogP contribution in [0.1, 0.15) is 51.0 Å². The summed E-state index contributed by atoms with van der Waals surface area (Å²) in [6.07, 6.45) is 1.17. The molecule has 0 spiro atoms. The predicted octanol–water partition coefficient (Wildman–Crippen LogP) is 3.92. The quantitative estimate of drug-likeness (QED) is 0.829. The van der Waals surface area contributed by atoms with Crippen molar-refractivity contribution >= 4 is 9.84 Å². The highest BCUT2D eigenvalue weighted by atomic mass is 32.2. The maximum absolute atomic E-state index is 11.6. The van der Waals surface area contributed by atoms with Crippen molar-refractivity contribution < 1.29 is 13.2 Å². The Hall–Kier alpha value is -1.95. The average Bonchev–Trinajstić information content (AvgIpc) is 2.46. The summed E-state index contributed by atoms with van der Waals surface area (Å²) >= 11 is 0. The number of rotatable bonds is 5. The molecule has 1 heterocycles. The minimum Gasteiger partial charge on any atom is -0.439 e. The van der Waals surface area contributed by atoms with Crippen LogP contribution in [0.15, 0.2) is 35.2 Å². The molecule has 0 amide bonds. The van der Waals surface area contributed by atoms with Gasteiger partial charge in [0.2, 0.25) is 5.88 Å². The van der Waals surface area contributed by atoms with E-state index in [0.717, 1.165) is 5.69 Å². The van der Waals surface area contributed by atoms with Crippen molar-refractivity contribution in [1.29, 1.82) is 0 Å². The molecule has 2 rings (SSSR count). The van der Waals surface area contributed by atoms with Crippen molar-refractivity contribution in [2.75, 3.05) is 6.26 Å². The van der Waals surface area contributed by atoms with E-state index in [-0.39, 0.29) is 16.7 Å². The third-order valence-electron chi connectivity index (χ3n) is 3.30. The minimum atomic E-state index is -3.27. The number of aromatic nitrogens is 2. The van der Waals surface area contributed by atoms with Crippen LogP contribution in [0.2, 0.25) is 0 Å². The first-order valence-corrected chi connectivity index (χ1v) is 9.43. The molecular formula is C17H22N2O3S. The molecule has 124 valence electrons. The lowest BCUT2D eigenvalue weighted by Crippen LogP contribution is -2.04. The number of nitrogens with zero attached hydrogens (tertiary/aromatic N) is 2. The van der Waals surface area contributed by atoms with E-state index in [1.807, 2.05) is 13.8 Å². The first-order valence-electron chi connectivity index (χ1n) is 7.53. The second-order valence-corrected chi connectivity index (χ2v) is 8.16. The van der Waals surface area contributed by atoms with Crippen molar-refractivity contribution in [2.24, 2.45) is 0 Å². The van der Waals surface area contributed by atoms with Gasteiger partial charge in [0.15, 0.2) is 9.84 Å². The van der Waals surface area contributed by atoms with E-state index in [1.54, 1.807) is 24.3 Å². The zero-order chi connectivity index (χ0) is 17.2. The Bertz CT molecular complexity index is 773. The fourth-order valence-corrected chi connectivity index (χ4v) is 2.61. The molecule has 0 saturated heterocycles. The van der Waals surface area contributed by atoms with Gasteiger partial charge in [-0.25, -0.2) is 13.4 Å². The molecule has 0 unspecified atom stereocenters. The second-order valence-electron chi connectivity index (χ2n) is 6.15. The van der Waals surface area contributed by atoms with E-state index in [2.05, 4.69) is 23.8 Å². The lowest BCUT2D eigenvalue weighted by Gasteiger charge is -2.13. The van der Waals surface area contributed by atoms with E-state index in [4.69, 9.17) is 4.74 Å². The standard InChI is InChI=1S/C17H22N2O3S/c1-11(2)15-10-16(19-17(18-15)12(3)4)22-13-7-6-8-14(9-13)23(5,20)21/h6-12H,1-5H3. The summed E-state index contributed by atoms with van der Waals surface area (Å²) in [5, 5.41) is 0. The van der Waals surface area contributed by atoms with E-state index < -0.39 is 9.84 Å². The topological polar surface area (TPSA) is 69.2 Å². The number of benzene rings is 1. The highest BCUT2D eigenvalue weighted by Crippen LogP contribution is 2.26. The Balaban J connectivity index is 2.40. The molecule has 1 aromatic carbocycles. The van der Waals surface area contributed by atoms with Gasteiger partial charge in [0.1, 0.15) is 11.6 Å². The average molecular weight is 334 g/mol. The van der Waals surface area contributed by atoms with Gasteiger partial charge in [-0.3, -0.25) is 0 Å². The molecule has 1 aromatic heterocycles. The highest BCUT2D eigenvalue weighted by molar-refractivity contribution is 7.90. The molecule has 6 heteroatoms. The van der Waals surface area contributed by atoms with E-state index >= 15 is 0 Å². The molecule has 23 heavy (non-hydrogen) atoms. The molecule has 0 aliphatic carbocycles. The molecule has 5 nitrogen and oxygen atoms in total. The van der Waals surface area contributed by atoms with Gasteiger partial charge < -0.3 is 4.74 Å². The molecule has 0 bridgehead atoms. The molecule has 0 aliphatic heterocycles. The first-order chi connectivity index (χ1) is 10.7. The number of hydrogen-bond acceptors (Lipinski definition) is 5. The number of sulfone groups is 1. The van der Waals surface area contributed by atoms with Gasteiger partial charge >= 0.3 is 0 Å². The monoisotopic (exact) mass is 334 g/mol. The van der Waals surface area contributed by atoms with Crippen LogP contribution in [0.25, 0.3) is 0 Å². The maximum atomic E-state index is 11.6. The van der Waals surface area contributed by atoms with E-state index in [1.165, 1.54) is 12.3 Å². The van der Waals surface area contributed by atoms with Crippen LogP contribution >= 0.6 is 0 Å². The summed E-state index contributed by atoms with van der Waals surface area (Å²) in [6.45, 7) is 8.15. The smallest absolute Gasteiger partial charge is 0.222 e. The van der Waals surface area contributed by atoms with Gasteiger partial charge in [-0.05, 0) is 24.1 Å². The fraction of sp³-hybridized carbons (Fsp3) is 0.412. The summed E-state index contributed by atoms with van der Waals surface area (Å²) in [5.41, 5.74) is 0.901. The van der Waals surface area contributed by atoms with Crippen molar-refractivity contribution in [3.8, 4) is 11.6 Å². The van der Waals surface area contributed by atoms with Crippen LogP contribution in [0.4, 0.5) is 0 Å². The highest BCUT2D eigenvalue weighted by Gasteiger charge is 2.13. The van der Waals surface area contributed by atoms with Gasteiger partial charge in [-0.15, -0.1) is 0 Å². The zero-order valence-electron chi connectivity index (χ0n) is 14.1. The molecule has 0 N–H and O–H groups in total. The number of ether oxygens (including phenoxy) is 1. The van der Waals surface area contributed by atoms with Gasteiger partial charge in [-0.2, -0.15) is 4.98 Å². The fourth-order valence-electron chi connectivity index (χ4n) is 1.96. The zero-order valence-corrected chi connectivity index (χ0v) is 14.9. The molecule has 0 radical (unpaired) electrons. The van der Waals surface area contributed by atoms with Crippen LogP contribution in [0.5, 0.6) is 11.6 Å². The van der Waals surface area contributed by atoms with Crippen LogP contribution in [-0.2, 0) is 9.84 Å². The lowest BCUT2D eigenvalue weighted by atomic mass is 10.1. The third-order valence-corrected chi connectivity index (χ3v) is 4.41. The molecule has 0 fully saturated rings. The Labute approximate surface area is 137 Å². The Morgan fingerprint density at radius 1 is 1.00 bits per heavy atom. The Morgan fingerprint density at radius 2 is 1.70 bits per heavy atom. The van der Waals surface area contributed by atoms with Crippen LogP contribution in [0.3, 0.4) is 0 Å². The van der Waals surface area contributed by atoms with Gasteiger partial charge in [0, 0.05) is 18.2 Å². The minimum absolute atomic E-state index is 0.179. The summed E-state index contributed by atoms with van der Waals surface area (Å²) in [5.74, 6) is 2.01. The van der Waals surface area contributed by atoms with Crippen molar-refractivity contribution in [3.05, 3.63) is 41.9 Å². The molecule has 0 atom stereocenters. The van der Waals surface area contributed by atoms with E-state index in [0.29, 0.717) is 17.5 Å². The van der Waals surface area contributed by atoms with Crippen LogP contribution in [-0.4, -0.2) is 24.6 Å². The Kier molecular flexibility index (Phi) is 5.04. The van der Waals surface area contributed by atoms with Crippen molar-refractivity contribution in [2.45, 2.75) is 44.4 Å². The third kappa shape index (κ3) is 4.51.